The molecule has 1 fully saturated rings. The molecule has 0 aromatic carbocycles. The van der Waals surface area contributed by atoms with Gasteiger partial charge in [-0.3, -0.25) is 4.90 Å². The van der Waals surface area contributed by atoms with Crippen molar-refractivity contribution in [3.05, 3.63) is 46.5 Å². The van der Waals surface area contributed by atoms with E-state index in [4.69, 9.17) is 4.42 Å². The zero-order chi connectivity index (χ0) is 16.2. The quantitative estimate of drug-likeness (QED) is 0.911. The average molecular weight is 333 g/mol. The number of likely N-dealkylation sites (N-methyl/N-ethyl adjacent to an activating group) is 1. The minimum Gasteiger partial charge on any atom is -0.468 e. The Balaban J connectivity index is 1.62. The van der Waals surface area contributed by atoms with Crippen LogP contribution in [0.5, 0.6) is 0 Å². The summed E-state index contributed by atoms with van der Waals surface area (Å²) < 4.78 is 5.49. The number of likely N-dealkylation sites (tertiary alicyclic amines) is 1. The number of carbonyl (C=O) groups is 1. The molecule has 0 saturated carbocycles. The molecule has 0 unspecified atom stereocenters. The number of hydrogen-bond donors (Lipinski definition) is 1. The minimum atomic E-state index is 0.0112. The van der Waals surface area contributed by atoms with Gasteiger partial charge in [0.05, 0.1) is 18.3 Å². The number of nitrogens with zero attached hydrogens (tertiary/aromatic N) is 2. The van der Waals surface area contributed by atoms with Crippen LogP contribution in [0.3, 0.4) is 0 Å². The van der Waals surface area contributed by atoms with Crippen molar-refractivity contribution in [1.29, 1.82) is 0 Å². The first-order valence-corrected chi connectivity index (χ1v) is 8.87. The van der Waals surface area contributed by atoms with Crippen LogP contribution in [0.25, 0.3) is 0 Å². The number of furan rings is 1. The van der Waals surface area contributed by atoms with Crippen molar-refractivity contribution < 1.29 is 9.21 Å². The van der Waals surface area contributed by atoms with Gasteiger partial charge in [0.2, 0.25) is 0 Å². The Morgan fingerprint density at radius 1 is 1.52 bits per heavy atom. The molecule has 2 atom stereocenters. The fraction of sp³-hybridized carbons (Fsp3) is 0.471. The van der Waals surface area contributed by atoms with Crippen molar-refractivity contribution >= 4 is 17.4 Å². The Kier molecular flexibility index (Phi) is 5.03. The predicted octanol–water partition coefficient (Wildman–Crippen LogP) is 3.49. The molecule has 1 aliphatic heterocycles. The predicted molar refractivity (Wildman–Crippen MR) is 91.5 cm³/mol. The van der Waals surface area contributed by atoms with Gasteiger partial charge in [0, 0.05) is 13.1 Å². The largest absolute Gasteiger partial charge is 0.468 e. The normalized spacial score (nSPS) is 19.3. The number of rotatable bonds is 5. The third kappa shape index (κ3) is 3.59. The molecule has 23 heavy (non-hydrogen) atoms. The lowest BCUT2D eigenvalue weighted by Gasteiger charge is -2.27. The second kappa shape index (κ2) is 7.19. The summed E-state index contributed by atoms with van der Waals surface area (Å²) in [6, 6.07) is 6.20. The molecule has 1 aliphatic rings. The van der Waals surface area contributed by atoms with E-state index in [9.17, 15) is 4.79 Å². The van der Waals surface area contributed by atoms with Crippen LogP contribution >= 0.6 is 11.3 Å². The van der Waals surface area contributed by atoms with Gasteiger partial charge in [0.25, 0.3) is 0 Å². The lowest BCUT2D eigenvalue weighted by molar-refractivity contribution is 0.185. The molecule has 3 rings (SSSR count). The van der Waals surface area contributed by atoms with Crippen LogP contribution in [-0.4, -0.2) is 43.0 Å². The molecule has 0 radical (unpaired) electrons. The number of carbonyl (C=O) groups excluding carboxylic acids is 1. The summed E-state index contributed by atoms with van der Waals surface area (Å²) in [6.45, 7) is 1.35. The molecule has 3 heterocycles. The number of amides is 2. The summed E-state index contributed by atoms with van der Waals surface area (Å²) in [4.78, 5) is 16.6. The summed E-state index contributed by atoms with van der Waals surface area (Å²) in [7, 11) is 3.98. The zero-order valence-corrected chi connectivity index (χ0v) is 14.4. The molecule has 124 valence electrons. The lowest BCUT2D eigenvalue weighted by Crippen LogP contribution is -2.42. The molecule has 2 amide bonds. The van der Waals surface area contributed by atoms with Gasteiger partial charge in [-0.1, -0.05) is 0 Å². The molecule has 0 bridgehead atoms. The summed E-state index contributed by atoms with van der Waals surface area (Å²) in [5.74, 6) is 0.867. The van der Waals surface area contributed by atoms with Gasteiger partial charge >= 0.3 is 6.03 Å². The van der Waals surface area contributed by atoms with Crippen LogP contribution in [0.2, 0.25) is 0 Å². The molecule has 1 N–H and O–H groups in total. The Labute approximate surface area is 140 Å². The maximum atomic E-state index is 12.6. The van der Waals surface area contributed by atoms with E-state index in [1.807, 2.05) is 31.1 Å². The Hall–Kier alpha value is -1.79. The third-order valence-electron chi connectivity index (χ3n) is 4.38. The van der Waals surface area contributed by atoms with Crippen LogP contribution in [0.15, 0.2) is 39.6 Å². The van der Waals surface area contributed by atoms with Crippen LogP contribution in [0, 0.1) is 0 Å². The van der Waals surface area contributed by atoms with E-state index in [0.29, 0.717) is 6.54 Å². The zero-order valence-electron chi connectivity index (χ0n) is 13.6. The first-order chi connectivity index (χ1) is 11.2. The Morgan fingerprint density at radius 3 is 3.04 bits per heavy atom. The van der Waals surface area contributed by atoms with E-state index in [1.165, 1.54) is 5.56 Å². The van der Waals surface area contributed by atoms with E-state index >= 15 is 0 Å². The molecular weight excluding hydrogens is 310 g/mol. The van der Waals surface area contributed by atoms with Gasteiger partial charge in [-0.15, -0.1) is 0 Å². The summed E-state index contributed by atoms with van der Waals surface area (Å²) in [5, 5.41) is 7.29. The monoisotopic (exact) mass is 333 g/mol. The van der Waals surface area contributed by atoms with Crippen molar-refractivity contribution in [3.63, 3.8) is 0 Å². The van der Waals surface area contributed by atoms with Gasteiger partial charge in [-0.25, -0.2) is 4.79 Å². The molecule has 6 heteroatoms. The van der Waals surface area contributed by atoms with Crippen molar-refractivity contribution in [2.45, 2.75) is 24.9 Å². The number of nitrogens with one attached hydrogen (secondary N) is 1. The molecule has 0 aliphatic carbocycles. The van der Waals surface area contributed by atoms with E-state index in [-0.39, 0.29) is 18.1 Å². The van der Waals surface area contributed by atoms with Crippen molar-refractivity contribution in [3.8, 4) is 0 Å². The number of hydrogen-bond acceptors (Lipinski definition) is 4. The molecule has 1 saturated heterocycles. The Morgan fingerprint density at radius 2 is 2.39 bits per heavy atom. The van der Waals surface area contributed by atoms with Gasteiger partial charge < -0.3 is 14.6 Å². The maximum Gasteiger partial charge on any atom is 0.317 e. The fourth-order valence-electron chi connectivity index (χ4n) is 3.13. The van der Waals surface area contributed by atoms with E-state index in [0.717, 1.165) is 25.1 Å². The van der Waals surface area contributed by atoms with Crippen LogP contribution in [0.4, 0.5) is 4.79 Å². The summed E-state index contributed by atoms with van der Waals surface area (Å²) in [6.07, 6.45) is 3.77. The van der Waals surface area contributed by atoms with Gasteiger partial charge in [0.1, 0.15) is 5.76 Å². The average Bonchev–Trinajstić information content (AvgIpc) is 3.27. The lowest BCUT2D eigenvalue weighted by atomic mass is 10.1. The molecule has 2 aromatic heterocycles. The first-order valence-electron chi connectivity index (χ1n) is 7.93. The smallest absolute Gasteiger partial charge is 0.317 e. The summed E-state index contributed by atoms with van der Waals surface area (Å²) >= 11 is 1.68. The Bertz CT molecular complexity index is 610. The van der Waals surface area contributed by atoms with Crippen LogP contribution < -0.4 is 5.32 Å². The van der Waals surface area contributed by atoms with Crippen molar-refractivity contribution in [1.82, 2.24) is 15.1 Å². The van der Waals surface area contributed by atoms with E-state index < -0.39 is 0 Å². The number of thiophene rings is 1. The van der Waals surface area contributed by atoms with Crippen molar-refractivity contribution in [2.24, 2.45) is 0 Å². The van der Waals surface area contributed by atoms with E-state index in [1.54, 1.807) is 17.6 Å². The highest BCUT2D eigenvalue weighted by Gasteiger charge is 2.30. The fourth-order valence-corrected chi connectivity index (χ4v) is 3.83. The second-order valence-corrected chi connectivity index (χ2v) is 6.87. The van der Waals surface area contributed by atoms with Crippen LogP contribution in [0.1, 0.15) is 36.2 Å². The van der Waals surface area contributed by atoms with Crippen molar-refractivity contribution in [2.75, 3.05) is 27.2 Å². The topological polar surface area (TPSA) is 48.7 Å². The SMILES string of the molecule is CN(C)[C@@H](CNC(=O)N1CCC[C@@H]1c1ccsc1)c1ccco1. The molecule has 2 aromatic rings. The molecule has 5 nitrogen and oxygen atoms in total. The van der Waals surface area contributed by atoms with E-state index in [2.05, 4.69) is 27.0 Å². The molecule has 0 spiro atoms. The highest BCUT2D eigenvalue weighted by molar-refractivity contribution is 7.07. The second-order valence-electron chi connectivity index (χ2n) is 6.09. The van der Waals surface area contributed by atoms with Gasteiger partial charge in [-0.2, -0.15) is 11.3 Å². The third-order valence-corrected chi connectivity index (χ3v) is 5.08. The first kappa shape index (κ1) is 16.1. The highest BCUT2D eigenvalue weighted by atomic mass is 32.1. The van der Waals surface area contributed by atoms with Gasteiger partial charge in [-0.05, 0) is 61.5 Å². The summed E-state index contributed by atoms with van der Waals surface area (Å²) in [5.41, 5.74) is 1.25. The number of urea groups is 1. The molecular formula is C17H23N3O2S. The maximum absolute atomic E-state index is 12.6. The highest BCUT2D eigenvalue weighted by Crippen LogP contribution is 2.33. The van der Waals surface area contributed by atoms with Crippen LogP contribution in [-0.2, 0) is 0 Å². The standard InChI is InChI=1S/C17H23N3O2S/c1-19(2)15(16-6-4-9-22-16)11-18-17(21)20-8-3-5-14(20)13-7-10-23-12-13/h4,6-7,9-10,12,14-15H,3,5,8,11H2,1-2H3,(H,18,21)/t14-,15+/m1/s1. The van der Waals surface area contributed by atoms with Gasteiger partial charge in [0.15, 0.2) is 0 Å². The minimum absolute atomic E-state index is 0.0112.